The molecule has 162 valence electrons. The monoisotopic (exact) mass is 448 g/mol. The van der Waals surface area contributed by atoms with Gasteiger partial charge in [0.05, 0.1) is 22.0 Å². The molecule has 1 atom stereocenters. The van der Waals surface area contributed by atoms with Gasteiger partial charge in [-0.1, -0.05) is 12.1 Å². The maximum Gasteiger partial charge on any atom is 0.237 e. The van der Waals surface area contributed by atoms with Crippen LogP contribution in [0.2, 0.25) is 0 Å². The number of aromatic amines is 1. The Balaban J connectivity index is 1.29. The van der Waals surface area contributed by atoms with Gasteiger partial charge in [0.15, 0.2) is 0 Å². The summed E-state index contributed by atoms with van der Waals surface area (Å²) in [6.07, 6.45) is 0. The Bertz CT molecular complexity index is 1210. The highest BCUT2D eigenvalue weighted by Crippen LogP contribution is 2.22. The summed E-state index contributed by atoms with van der Waals surface area (Å²) in [5.74, 6) is 0.0581. The summed E-state index contributed by atoms with van der Waals surface area (Å²) in [6, 6.07) is 20.8. The number of aromatic nitrogens is 2. The van der Waals surface area contributed by atoms with Crippen LogP contribution in [-0.2, 0) is 9.59 Å². The molecule has 3 N–H and O–H groups in total. The van der Waals surface area contributed by atoms with Crippen LogP contribution in [0.15, 0.2) is 72.8 Å². The summed E-state index contributed by atoms with van der Waals surface area (Å²) in [5, 5.41) is 5.11. The van der Waals surface area contributed by atoms with Crippen molar-refractivity contribution in [1.29, 1.82) is 0 Å². The molecule has 0 aliphatic heterocycles. The normalized spacial score (nSPS) is 11.8. The minimum atomic E-state index is -0.427. The number of halogens is 1. The molecule has 4 aromatic rings. The molecule has 0 bridgehead atoms. The third-order valence-electron chi connectivity index (χ3n) is 4.78. The lowest BCUT2D eigenvalue weighted by molar-refractivity contribution is -0.115. The standard InChI is InChI=1S/C24H21FN4O2S/c1-15(32-14-22(30)26-18-12-8-17(25)9-13-18)24(31)27-19-10-6-16(7-11-19)23-28-20-4-2-3-5-21(20)29-23/h2-13,15H,14H2,1H3,(H,26,30)(H,27,31)(H,28,29). The topological polar surface area (TPSA) is 86.9 Å². The molecule has 1 unspecified atom stereocenters. The minimum Gasteiger partial charge on any atom is -0.338 e. The van der Waals surface area contributed by atoms with E-state index in [0.29, 0.717) is 11.4 Å². The molecule has 32 heavy (non-hydrogen) atoms. The second kappa shape index (κ2) is 9.65. The van der Waals surface area contributed by atoms with Gasteiger partial charge in [0.1, 0.15) is 11.6 Å². The maximum atomic E-state index is 12.9. The zero-order valence-corrected chi connectivity index (χ0v) is 18.1. The number of amides is 2. The molecule has 0 saturated heterocycles. The molecular weight excluding hydrogens is 427 g/mol. The zero-order valence-electron chi connectivity index (χ0n) is 17.3. The van der Waals surface area contributed by atoms with Gasteiger partial charge in [-0.2, -0.15) is 0 Å². The fourth-order valence-corrected chi connectivity index (χ4v) is 3.74. The quantitative estimate of drug-likeness (QED) is 0.368. The number of para-hydroxylation sites is 2. The Hall–Kier alpha value is -3.65. The highest BCUT2D eigenvalue weighted by molar-refractivity contribution is 8.01. The summed E-state index contributed by atoms with van der Waals surface area (Å²) in [5.41, 5.74) is 3.96. The van der Waals surface area contributed by atoms with Crippen LogP contribution in [-0.4, -0.2) is 32.8 Å². The second-order valence-corrected chi connectivity index (χ2v) is 8.51. The molecule has 0 aliphatic carbocycles. The second-order valence-electron chi connectivity index (χ2n) is 7.18. The van der Waals surface area contributed by atoms with Gasteiger partial charge >= 0.3 is 0 Å². The molecule has 0 fully saturated rings. The summed E-state index contributed by atoms with van der Waals surface area (Å²) in [7, 11) is 0. The van der Waals surface area contributed by atoms with Crippen LogP contribution in [0.4, 0.5) is 15.8 Å². The third-order valence-corrected chi connectivity index (χ3v) is 5.92. The van der Waals surface area contributed by atoms with Crippen LogP contribution in [0.5, 0.6) is 0 Å². The number of benzene rings is 3. The van der Waals surface area contributed by atoms with E-state index >= 15 is 0 Å². The van der Waals surface area contributed by atoms with Crippen LogP contribution in [0.25, 0.3) is 22.4 Å². The van der Waals surface area contributed by atoms with Gasteiger partial charge in [0.2, 0.25) is 11.8 Å². The van der Waals surface area contributed by atoms with Crippen LogP contribution in [0.3, 0.4) is 0 Å². The van der Waals surface area contributed by atoms with Gasteiger partial charge < -0.3 is 15.6 Å². The number of hydrogen-bond acceptors (Lipinski definition) is 4. The number of carbonyl (C=O) groups is 2. The minimum absolute atomic E-state index is 0.108. The molecule has 8 heteroatoms. The molecule has 2 amide bonds. The predicted molar refractivity (Wildman–Crippen MR) is 127 cm³/mol. The lowest BCUT2D eigenvalue weighted by Crippen LogP contribution is -2.25. The first-order chi connectivity index (χ1) is 15.5. The number of fused-ring (bicyclic) bond motifs is 1. The van der Waals surface area contributed by atoms with Crippen molar-refractivity contribution in [3.63, 3.8) is 0 Å². The van der Waals surface area contributed by atoms with Crippen molar-refractivity contribution < 1.29 is 14.0 Å². The van der Waals surface area contributed by atoms with Gasteiger partial charge in [-0.25, -0.2) is 9.37 Å². The van der Waals surface area contributed by atoms with Crippen LogP contribution in [0.1, 0.15) is 6.92 Å². The molecule has 3 aromatic carbocycles. The molecule has 6 nitrogen and oxygen atoms in total. The molecule has 0 aliphatic rings. The Morgan fingerprint density at radius 3 is 2.34 bits per heavy atom. The van der Waals surface area contributed by atoms with E-state index in [2.05, 4.69) is 20.6 Å². The number of anilines is 2. The van der Waals surface area contributed by atoms with Gasteiger partial charge in [-0.3, -0.25) is 9.59 Å². The Morgan fingerprint density at radius 2 is 1.62 bits per heavy atom. The summed E-state index contributed by atoms with van der Waals surface area (Å²) < 4.78 is 12.9. The van der Waals surface area contributed by atoms with Crippen molar-refractivity contribution in [2.24, 2.45) is 0 Å². The van der Waals surface area contributed by atoms with E-state index in [1.54, 1.807) is 6.92 Å². The highest BCUT2D eigenvalue weighted by atomic mass is 32.2. The number of thioether (sulfide) groups is 1. The van der Waals surface area contributed by atoms with Crippen LogP contribution < -0.4 is 10.6 Å². The number of imidazole rings is 1. The number of H-pyrrole nitrogens is 1. The Labute approximate surface area is 188 Å². The van der Waals surface area contributed by atoms with Crippen molar-refractivity contribution in [3.8, 4) is 11.4 Å². The predicted octanol–water partition coefficient (Wildman–Crippen LogP) is 5.07. The summed E-state index contributed by atoms with van der Waals surface area (Å²) in [6.45, 7) is 1.74. The lowest BCUT2D eigenvalue weighted by atomic mass is 10.2. The van der Waals surface area contributed by atoms with E-state index in [9.17, 15) is 14.0 Å². The average molecular weight is 449 g/mol. The molecule has 1 heterocycles. The number of carbonyl (C=O) groups excluding carboxylic acids is 2. The fraction of sp³-hybridized carbons (Fsp3) is 0.125. The van der Waals surface area contributed by atoms with Crippen molar-refractivity contribution in [3.05, 3.63) is 78.6 Å². The average Bonchev–Trinajstić information content (AvgIpc) is 3.24. The first-order valence-corrected chi connectivity index (χ1v) is 11.1. The van der Waals surface area contributed by atoms with E-state index < -0.39 is 5.25 Å². The number of nitrogens with zero attached hydrogens (tertiary/aromatic N) is 1. The molecule has 0 spiro atoms. The number of hydrogen-bond donors (Lipinski definition) is 3. The molecule has 1 aromatic heterocycles. The van der Waals surface area contributed by atoms with E-state index in [1.165, 1.54) is 36.0 Å². The molecule has 0 saturated carbocycles. The van der Waals surface area contributed by atoms with Gasteiger partial charge in [0.25, 0.3) is 0 Å². The first kappa shape index (κ1) is 21.6. The summed E-state index contributed by atoms with van der Waals surface area (Å²) >= 11 is 1.22. The Kier molecular flexibility index (Phi) is 6.51. The van der Waals surface area contributed by atoms with Crippen LogP contribution in [0, 0.1) is 5.82 Å². The largest absolute Gasteiger partial charge is 0.338 e. The molecule has 4 rings (SSSR count). The lowest BCUT2D eigenvalue weighted by Gasteiger charge is -2.12. The third kappa shape index (κ3) is 5.33. The van der Waals surface area contributed by atoms with Crippen LogP contribution >= 0.6 is 11.8 Å². The first-order valence-electron chi connectivity index (χ1n) is 10.0. The highest BCUT2D eigenvalue weighted by Gasteiger charge is 2.16. The van der Waals surface area contributed by atoms with Gasteiger partial charge in [0, 0.05) is 16.9 Å². The smallest absolute Gasteiger partial charge is 0.237 e. The van der Waals surface area contributed by atoms with Gasteiger partial charge in [-0.05, 0) is 67.6 Å². The maximum absolute atomic E-state index is 12.9. The molecule has 0 radical (unpaired) electrons. The number of rotatable bonds is 7. The number of nitrogens with one attached hydrogen (secondary N) is 3. The molecular formula is C24H21FN4O2S. The zero-order chi connectivity index (χ0) is 22.5. The van der Waals surface area contributed by atoms with Crippen molar-refractivity contribution in [2.45, 2.75) is 12.2 Å². The SMILES string of the molecule is CC(SCC(=O)Nc1ccc(F)cc1)C(=O)Nc1ccc(-c2nc3ccccc3[nH]2)cc1. The fourth-order valence-electron chi connectivity index (χ4n) is 3.05. The van der Waals surface area contributed by atoms with Crippen molar-refractivity contribution in [1.82, 2.24) is 9.97 Å². The van der Waals surface area contributed by atoms with Crippen molar-refractivity contribution >= 4 is 46.0 Å². The van der Waals surface area contributed by atoms with Crippen molar-refractivity contribution in [2.75, 3.05) is 16.4 Å². The van der Waals surface area contributed by atoms with Gasteiger partial charge in [-0.15, -0.1) is 11.8 Å². The van der Waals surface area contributed by atoms with E-state index in [1.807, 2.05) is 48.5 Å². The Morgan fingerprint density at radius 1 is 0.969 bits per heavy atom. The summed E-state index contributed by atoms with van der Waals surface area (Å²) in [4.78, 5) is 32.4. The van der Waals surface area contributed by atoms with E-state index in [0.717, 1.165) is 22.4 Å². The van der Waals surface area contributed by atoms with E-state index in [4.69, 9.17) is 0 Å². The van der Waals surface area contributed by atoms with E-state index in [-0.39, 0.29) is 23.4 Å².